The van der Waals surface area contributed by atoms with E-state index in [-0.39, 0.29) is 13.2 Å². The van der Waals surface area contributed by atoms with E-state index in [0.717, 1.165) is 5.56 Å². The topological polar surface area (TPSA) is 36.9 Å². The summed E-state index contributed by atoms with van der Waals surface area (Å²) in [6.07, 6.45) is -2.37. The van der Waals surface area contributed by atoms with E-state index in [4.69, 9.17) is 4.74 Å². The molecule has 0 unspecified atom stereocenters. The summed E-state index contributed by atoms with van der Waals surface area (Å²) in [6, 6.07) is 9.68. The number of rotatable bonds is 6. The summed E-state index contributed by atoms with van der Waals surface area (Å²) in [6.45, 7) is 0.673. The minimum atomic E-state index is -2.37. The zero-order valence-electron chi connectivity index (χ0n) is 9.85. The van der Waals surface area contributed by atoms with Crippen molar-refractivity contribution in [3.8, 4) is 0 Å². The number of halogens is 2. The van der Waals surface area contributed by atoms with Crippen LogP contribution in [0.1, 0.15) is 5.56 Å². The fraction of sp³-hybridized carbons (Fsp3) is 0.417. The second kappa shape index (κ2) is 6.30. The minimum absolute atomic E-state index is 0.231. The summed E-state index contributed by atoms with van der Waals surface area (Å²) in [5.74, 6) is 0.520. The number of amidine groups is 1. The lowest BCUT2D eigenvalue weighted by molar-refractivity contribution is 0.109. The van der Waals surface area contributed by atoms with E-state index >= 15 is 0 Å². The normalized spacial score (nSPS) is 14.8. The van der Waals surface area contributed by atoms with E-state index in [1.54, 1.807) is 0 Å². The van der Waals surface area contributed by atoms with Crippen LogP contribution in [-0.4, -0.2) is 37.0 Å². The molecule has 6 heteroatoms. The number of hydrazone groups is 1. The first kappa shape index (κ1) is 12.8. The third-order valence-electron chi connectivity index (χ3n) is 2.54. The molecule has 0 aromatic heterocycles. The van der Waals surface area contributed by atoms with Gasteiger partial charge < -0.3 is 9.64 Å². The van der Waals surface area contributed by atoms with E-state index in [1.807, 2.05) is 30.3 Å². The van der Waals surface area contributed by atoms with Crippen LogP contribution in [0.5, 0.6) is 0 Å². The molecule has 1 aliphatic rings. The number of nitrogens with one attached hydrogen (secondary N) is 1. The lowest BCUT2D eigenvalue weighted by atomic mass is 10.2. The molecule has 18 heavy (non-hydrogen) atoms. The Morgan fingerprint density at radius 1 is 1.28 bits per heavy atom. The zero-order chi connectivity index (χ0) is 12.8. The van der Waals surface area contributed by atoms with Gasteiger partial charge in [-0.05, 0) is 5.56 Å². The van der Waals surface area contributed by atoms with Gasteiger partial charge in [0.2, 0.25) is 0 Å². The summed E-state index contributed by atoms with van der Waals surface area (Å²) >= 11 is 0. The fourth-order valence-electron chi connectivity index (χ4n) is 1.67. The Bertz CT molecular complexity index is 398. The average molecular weight is 255 g/mol. The van der Waals surface area contributed by atoms with E-state index in [9.17, 15) is 8.78 Å². The number of benzene rings is 1. The van der Waals surface area contributed by atoms with Crippen molar-refractivity contribution in [1.82, 2.24) is 10.3 Å². The van der Waals surface area contributed by atoms with Crippen LogP contribution in [0.2, 0.25) is 0 Å². The number of nitrogens with zero attached hydrogens (tertiary/aromatic N) is 2. The number of hydrogen-bond donors (Lipinski definition) is 1. The van der Waals surface area contributed by atoms with Gasteiger partial charge in [-0.3, -0.25) is 5.43 Å². The monoisotopic (exact) mass is 255 g/mol. The highest BCUT2D eigenvalue weighted by molar-refractivity contribution is 5.84. The Hall–Kier alpha value is -1.69. The Morgan fingerprint density at radius 3 is 2.78 bits per heavy atom. The van der Waals surface area contributed by atoms with Gasteiger partial charge in [0.25, 0.3) is 6.43 Å². The molecule has 4 nitrogen and oxygen atoms in total. The Balaban J connectivity index is 1.76. The molecule has 0 bridgehead atoms. The SMILES string of the molecule is FC(F)CN1CNN=C1COCc1ccccc1. The van der Waals surface area contributed by atoms with Crippen molar-refractivity contribution >= 4 is 5.84 Å². The first-order valence-corrected chi connectivity index (χ1v) is 5.70. The first-order valence-electron chi connectivity index (χ1n) is 5.70. The minimum Gasteiger partial charge on any atom is -0.369 e. The summed E-state index contributed by atoms with van der Waals surface area (Å²) in [4.78, 5) is 1.48. The predicted molar refractivity (Wildman–Crippen MR) is 64.2 cm³/mol. The van der Waals surface area contributed by atoms with Crippen LogP contribution >= 0.6 is 0 Å². The lowest BCUT2D eigenvalue weighted by Crippen LogP contribution is -2.35. The van der Waals surface area contributed by atoms with Crippen LogP contribution in [0.25, 0.3) is 0 Å². The van der Waals surface area contributed by atoms with Crippen molar-refractivity contribution in [2.24, 2.45) is 5.10 Å². The van der Waals surface area contributed by atoms with Crippen molar-refractivity contribution in [1.29, 1.82) is 0 Å². The Labute approximate surface area is 104 Å². The summed E-state index contributed by atoms with van der Waals surface area (Å²) < 4.78 is 30.0. The number of alkyl halides is 2. The molecule has 1 aromatic carbocycles. The molecule has 1 heterocycles. The quantitative estimate of drug-likeness (QED) is 0.839. The highest BCUT2D eigenvalue weighted by atomic mass is 19.3. The van der Waals surface area contributed by atoms with Gasteiger partial charge in [-0.2, -0.15) is 5.10 Å². The highest BCUT2D eigenvalue weighted by Crippen LogP contribution is 2.05. The van der Waals surface area contributed by atoms with Crippen molar-refractivity contribution in [2.75, 3.05) is 19.8 Å². The molecule has 0 saturated heterocycles. The van der Waals surface area contributed by atoms with Gasteiger partial charge in [0.05, 0.1) is 13.2 Å². The lowest BCUT2D eigenvalue weighted by Gasteiger charge is -2.18. The van der Waals surface area contributed by atoms with Crippen LogP contribution in [0.4, 0.5) is 8.78 Å². The second-order valence-corrected chi connectivity index (χ2v) is 3.94. The van der Waals surface area contributed by atoms with Crippen LogP contribution < -0.4 is 5.43 Å². The van der Waals surface area contributed by atoms with Crippen molar-refractivity contribution < 1.29 is 13.5 Å². The number of ether oxygens (including phenoxy) is 1. The molecule has 0 radical (unpaired) electrons. The molecule has 0 saturated carbocycles. The van der Waals surface area contributed by atoms with Crippen molar-refractivity contribution in [3.63, 3.8) is 0 Å². The van der Waals surface area contributed by atoms with E-state index in [0.29, 0.717) is 19.1 Å². The maximum absolute atomic E-state index is 12.3. The molecule has 0 amide bonds. The summed E-state index contributed by atoms with van der Waals surface area (Å²) in [5.41, 5.74) is 3.72. The molecule has 1 N–H and O–H groups in total. The standard InChI is InChI=1S/C12H15F2N3O/c13-11(14)6-17-9-15-16-12(17)8-18-7-10-4-2-1-3-5-10/h1-5,11,15H,6-9H2. The van der Waals surface area contributed by atoms with Gasteiger partial charge in [0.15, 0.2) is 5.84 Å². The highest BCUT2D eigenvalue weighted by Gasteiger charge is 2.20. The molecule has 0 atom stereocenters. The Morgan fingerprint density at radius 2 is 2.06 bits per heavy atom. The van der Waals surface area contributed by atoms with Gasteiger partial charge in [-0.1, -0.05) is 30.3 Å². The summed E-state index contributed by atoms with van der Waals surface area (Å²) in [5, 5.41) is 3.94. The largest absolute Gasteiger partial charge is 0.369 e. The molecule has 1 aromatic rings. The van der Waals surface area contributed by atoms with E-state index in [2.05, 4.69) is 10.5 Å². The zero-order valence-corrected chi connectivity index (χ0v) is 9.85. The van der Waals surface area contributed by atoms with E-state index < -0.39 is 6.43 Å². The van der Waals surface area contributed by atoms with Gasteiger partial charge in [-0.25, -0.2) is 8.78 Å². The van der Waals surface area contributed by atoms with Crippen molar-refractivity contribution in [2.45, 2.75) is 13.0 Å². The molecule has 98 valence electrons. The molecule has 0 spiro atoms. The molecule has 1 aliphatic heterocycles. The van der Waals surface area contributed by atoms with Crippen LogP contribution in [0.3, 0.4) is 0 Å². The van der Waals surface area contributed by atoms with Crippen LogP contribution in [0, 0.1) is 0 Å². The Kier molecular flexibility index (Phi) is 4.46. The van der Waals surface area contributed by atoms with Crippen LogP contribution in [0.15, 0.2) is 35.4 Å². The maximum Gasteiger partial charge on any atom is 0.255 e. The third-order valence-corrected chi connectivity index (χ3v) is 2.54. The number of hydrogen-bond acceptors (Lipinski definition) is 4. The van der Waals surface area contributed by atoms with Crippen LogP contribution in [-0.2, 0) is 11.3 Å². The van der Waals surface area contributed by atoms with Gasteiger partial charge >= 0.3 is 0 Å². The maximum atomic E-state index is 12.3. The van der Waals surface area contributed by atoms with E-state index in [1.165, 1.54) is 4.90 Å². The van der Waals surface area contributed by atoms with Gasteiger partial charge in [0.1, 0.15) is 13.3 Å². The first-order chi connectivity index (χ1) is 8.75. The molecular weight excluding hydrogens is 240 g/mol. The molecule has 0 fully saturated rings. The predicted octanol–water partition coefficient (Wildman–Crippen LogP) is 1.64. The third kappa shape index (κ3) is 3.66. The van der Waals surface area contributed by atoms with Gasteiger partial charge in [0, 0.05) is 0 Å². The average Bonchev–Trinajstić information content (AvgIpc) is 2.77. The summed E-state index contributed by atoms with van der Waals surface area (Å²) in [7, 11) is 0. The van der Waals surface area contributed by atoms with Crippen molar-refractivity contribution in [3.05, 3.63) is 35.9 Å². The fourth-order valence-corrected chi connectivity index (χ4v) is 1.67. The second-order valence-electron chi connectivity index (χ2n) is 3.94. The molecular formula is C12H15F2N3O. The smallest absolute Gasteiger partial charge is 0.255 e. The molecule has 2 rings (SSSR count). The van der Waals surface area contributed by atoms with Gasteiger partial charge in [-0.15, -0.1) is 0 Å². The molecule has 0 aliphatic carbocycles.